The summed E-state index contributed by atoms with van der Waals surface area (Å²) in [6.07, 6.45) is 0.774. The van der Waals surface area contributed by atoms with E-state index in [-0.39, 0.29) is 6.79 Å². The second kappa shape index (κ2) is 5.95. The molecule has 0 saturated carbocycles. The van der Waals surface area contributed by atoms with Gasteiger partial charge in [-0.25, -0.2) is 0 Å². The number of hydrogen-bond acceptors (Lipinski definition) is 4. The Hall–Kier alpha value is -2.36. The molecule has 0 aliphatic carbocycles. The topological polar surface area (TPSA) is 36.9 Å². The van der Waals surface area contributed by atoms with Crippen LogP contribution in [0.5, 0.6) is 23.0 Å². The van der Waals surface area contributed by atoms with E-state index in [9.17, 15) is 0 Å². The van der Waals surface area contributed by atoms with Crippen LogP contribution in [0.15, 0.2) is 36.4 Å². The molecule has 3 rings (SSSR count). The third kappa shape index (κ3) is 2.89. The molecule has 0 spiro atoms. The molecule has 21 heavy (non-hydrogen) atoms. The van der Waals surface area contributed by atoms with Gasteiger partial charge in [0.1, 0.15) is 11.5 Å². The Bertz CT molecular complexity index is 619. The predicted molar refractivity (Wildman–Crippen MR) is 79.5 cm³/mol. The van der Waals surface area contributed by atoms with Crippen LogP contribution in [0, 0.1) is 0 Å². The van der Waals surface area contributed by atoms with Crippen molar-refractivity contribution in [3.8, 4) is 23.0 Å². The summed E-state index contributed by atoms with van der Waals surface area (Å²) in [6.45, 7) is 2.86. The number of fused-ring (bicyclic) bond motifs is 1. The van der Waals surface area contributed by atoms with Gasteiger partial charge in [-0.05, 0) is 30.7 Å². The lowest BCUT2D eigenvalue weighted by Crippen LogP contribution is -1.98. The lowest BCUT2D eigenvalue weighted by Gasteiger charge is -2.12. The highest BCUT2D eigenvalue weighted by molar-refractivity contribution is 5.53. The van der Waals surface area contributed by atoms with Crippen molar-refractivity contribution in [2.45, 2.75) is 13.3 Å². The average molecular weight is 286 g/mol. The summed E-state index contributed by atoms with van der Waals surface area (Å²) in [7, 11) is 1.67. The van der Waals surface area contributed by atoms with Crippen LogP contribution in [0.2, 0.25) is 0 Å². The first-order chi connectivity index (χ1) is 10.3. The molecule has 0 atom stereocenters. The molecule has 0 saturated heterocycles. The second-order valence-electron chi connectivity index (χ2n) is 4.77. The van der Waals surface area contributed by atoms with E-state index in [0.717, 1.165) is 35.0 Å². The van der Waals surface area contributed by atoms with Gasteiger partial charge in [-0.15, -0.1) is 0 Å². The van der Waals surface area contributed by atoms with Crippen molar-refractivity contribution < 1.29 is 18.9 Å². The maximum Gasteiger partial charge on any atom is 0.231 e. The molecule has 4 nitrogen and oxygen atoms in total. The quantitative estimate of drug-likeness (QED) is 0.844. The molecule has 110 valence electrons. The van der Waals surface area contributed by atoms with E-state index in [0.29, 0.717) is 6.61 Å². The van der Waals surface area contributed by atoms with E-state index >= 15 is 0 Å². The minimum atomic E-state index is 0.271. The summed E-state index contributed by atoms with van der Waals surface area (Å²) < 4.78 is 21.8. The van der Waals surface area contributed by atoms with Crippen molar-refractivity contribution in [2.75, 3.05) is 20.5 Å². The van der Waals surface area contributed by atoms with Gasteiger partial charge in [0.2, 0.25) is 6.79 Å². The Morgan fingerprint density at radius 1 is 1.05 bits per heavy atom. The van der Waals surface area contributed by atoms with Crippen LogP contribution in [0.25, 0.3) is 0 Å². The van der Waals surface area contributed by atoms with Gasteiger partial charge in [0, 0.05) is 18.1 Å². The number of hydrogen-bond donors (Lipinski definition) is 0. The zero-order chi connectivity index (χ0) is 14.7. The van der Waals surface area contributed by atoms with Crippen LogP contribution >= 0.6 is 0 Å². The fourth-order valence-electron chi connectivity index (χ4n) is 2.36. The number of benzene rings is 2. The van der Waals surface area contributed by atoms with Gasteiger partial charge in [0.25, 0.3) is 0 Å². The van der Waals surface area contributed by atoms with Crippen molar-refractivity contribution in [1.82, 2.24) is 0 Å². The van der Waals surface area contributed by atoms with Crippen LogP contribution in [-0.2, 0) is 6.42 Å². The Morgan fingerprint density at radius 3 is 2.43 bits per heavy atom. The van der Waals surface area contributed by atoms with Crippen molar-refractivity contribution >= 4 is 0 Å². The molecule has 0 fully saturated rings. The van der Waals surface area contributed by atoms with Gasteiger partial charge in [-0.2, -0.15) is 0 Å². The first-order valence-corrected chi connectivity index (χ1v) is 6.98. The maximum atomic E-state index is 5.72. The molecule has 1 aliphatic heterocycles. The molecule has 1 heterocycles. The Morgan fingerprint density at radius 2 is 1.76 bits per heavy atom. The third-order valence-electron chi connectivity index (χ3n) is 3.41. The highest BCUT2D eigenvalue weighted by Crippen LogP contribution is 2.39. The SMILES string of the molecule is CCOc1cc2c(cc1Cc1ccc(OC)cc1)OCO2. The third-order valence-corrected chi connectivity index (χ3v) is 3.41. The Balaban J connectivity index is 1.89. The van der Waals surface area contributed by atoms with Gasteiger partial charge in [-0.1, -0.05) is 12.1 Å². The van der Waals surface area contributed by atoms with E-state index in [1.54, 1.807) is 7.11 Å². The smallest absolute Gasteiger partial charge is 0.231 e. The summed E-state index contributed by atoms with van der Waals surface area (Å²) in [5.41, 5.74) is 2.28. The molecule has 0 unspecified atom stereocenters. The molecule has 0 N–H and O–H groups in total. The number of methoxy groups -OCH3 is 1. The summed E-state index contributed by atoms with van der Waals surface area (Å²) in [4.78, 5) is 0. The molecule has 0 radical (unpaired) electrons. The fourth-order valence-corrected chi connectivity index (χ4v) is 2.36. The van der Waals surface area contributed by atoms with Crippen LogP contribution in [-0.4, -0.2) is 20.5 Å². The minimum Gasteiger partial charge on any atom is -0.497 e. The second-order valence-corrected chi connectivity index (χ2v) is 4.77. The maximum absolute atomic E-state index is 5.72. The average Bonchev–Trinajstić information content (AvgIpc) is 2.96. The van der Waals surface area contributed by atoms with Crippen LogP contribution in [0.3, 0.4) is 0 Å². The molecular weight excluding hydrogens is 268 g/mol. The van der Waals surface area contributed by atoms with Crippen molar-refractivity contribution in [3.05, 3.63) is 47.5 Å². The number of ether oxygens (including phenoxy) is 4. The first-order valence-electron chi connectivity index (χ1n) is 6.98. The van der Waals surface area contributed by atoms with E-state index in [2.05, 4.69) is 12.1 Å². The zero-order valence-corrected chi connectivity index (χ0v) is 12.2. The molecule has 0 bridgehead atoms. The summed E-state index contributed by atoms with van der Waals surface area (Å²) in [5.74, 6) is 3.23. The lowest BCUT2D eigenvalue weighted by molar-refractivity contribution is 0.173. The zero-order valence-electron chi connectivity index (χ0n) is 12.2. The van der Waals surface area contributed by atoms with Crippen LogP contribution in [0.1, 0.15) is 18.1 Å². The summed E-state index contributed by atoms with van der Waals surface area (Å²) in [6, 6.07) is 11.9. The van der Waals surface area contributed by atoms with Crippen molar-refractivity contribution in [3.63, 3.8) is 0 Å². The first kappa shape index (κ1) is 13.6. The molecule has 1 aliphatic rings. The molecular formula is C17H18O4. The highest BCUT2D eigenvalue weighted by atomic mass is 16.7. The molecule has 0 aromatic heterocycles. The van der Waals surface area contributed by atoms with Crippen LogP contribution < -0.4 is 18.9 Å². The highest BCUT2D eigenvalue weighted by Gasteiger charge is 2.18. The van der Waals surface area contributed by atoms with Gasteiger partial charge in [0.05, 0.1) is 13.7 Å². The van der Waals surface area contributed by atoms with E-state index in [1.807, 2.05) is 31.2 Å². The van der Waals surface area contributed by atoms with Gasteiger partial charge in [-0.3, -0.25) is 0 Å². The summed E-state index contributed by atoms with van der Waals surface area (Å²) >= 11 is 0. The standard InChI is InChI=1S/C17H18O4/c1-3-19-15-10-17-16(20-11-21-17)9-13(15)8-12-4-6-14(18-2)7-5-12/h4-7,9-10H,3,8,11H2,1-2H3. The monoisotopic (exact) mass is 286 g/mol. The molecule has 0 amide bonds. The normalized spacial score (nSPS) is 12.3. The number of rotatable bonds is 5. The van der Waals surface area contributed by atoms with Crippen molar-refractivity contribution in [1.29, 1.82) is 0 Å². The van der Waals surface area contributed by atoms with Gasteiger partial charge in [0.15, 0.2) is 11.5 Å². The Kier molecular flexibility index (Phi) is 3.86. The largest absolute Gasteiger partial charge is 0.497 e. The van der Waals surface area contributed by atoms with Gasteiger partial charge >= 0.3 is 0 Å². The molecule has 2 aromatic rings. The van der Waals surface area contributed by atoms with Gasteiger partial charge < -0.3 is 18.9 Å². The fraction of sp³-hybridized carbons (Fsp3) is 0.294. The summed E-state index contributed by atoms with van der Waals surface area (Å²) in [5, 5.41) is 0. The molecule has 2 aromatic carbocycles. The van der Waals surface area contributed by atoms with Crippen molar-refractivity contribution in [2.24, 2.45) is 0 Å². The van der Waals surface area contributed by atoms with E-state index < -0.39 is 0 Å². The Labute approximate surface area is 124 Å². The minimum absolute atomic E-state index is 0.271. The lowest BCUT2D eigenvalue weighted by atomic mass is 10.0. The van der Waals surface area contributed by atoms with Crippen LogP contribution in [0.4, 0.5) is 0 Å². The van der Waals surface area contributed by atoms with E-state index in [4.69, 9.17) is 18.9 Å². The molecule has 4 heteroatoms. The van der Waals surface area contributed by atoms with E-state index in [1.165, 1.54) is 5.56 Å². The predicted octanol–water partition coefficient (Wildman–Crippen LogP) is 3.41.